The van der Waals surface area contributed by atoms with E-state index in [1.165, 1.54) is 11.1 Å². The summed E-state index contributed by atoms with van der Waals surface area (Å²) in [6.45, 7) is 3.56. The first-order chi connectivity index (χ1) is 11.7. The van der Waals surface area contributed by atoms with Gasteiger partial charge in [-0.05, 0) is 49.3 Å². The molecular weight excluding hydrogens is 322 g/mol. The topological polar surface area (TPSA) is 37.4 Å². The van der Waals surface area contributed by atoms with Crippen LogP contribution in [0.15, 0.2) is 48.8 Å². The highest BCUT2D eigenvalue weighted by atomic mass is 35.5. The largest absolute Gasteiger partial charge is 0.374 e. The predicted molar refractivity (Wildman–Crippen MR) is 97.4 cm³/mol. The molecule has 1 N–H and O–H groups in total. The molecule has 3 rings (SSSR count). The van der Waals surface area contributed by atoms with E-state index in [2.05, 4.69) is 40.4 Å². The fourth-order valence-corrected chi connectivity index (χ4v) is 3.19. The number of aromatic nitrogens is 1. The second kappa shape index (κ2) is 8.58. The van der Waals surface area contributed by atoms with Crippen molar-refractivity contribution in [1.82, 2.24) is 15.2 Å². The van der Waals surface area contributed by atoms with Crippen LogP contribution in [-0.4, -0.2) is 49.3 Å². The first kappa shape index (κ1) is 17.4. The molecule has 24 heavy (non-hydrogen) atoms. The third-order valence-electron chi connectivity index (χ3n) is 4.40. The van der Waals surface area contributed by atoms with E-state index in [0.717, 1.165) is 37.7 Å². The van der Waals surface area contributed by atoms with Gasteiger partial charge in [0.15, 0.2) is 0 Å². The van der Waals surface area contributed by atoms with Crippen molar-refractivity contribution in [3.05, 3.63) is 64.9 Å². The summed E-state index contributed by atoms with van der Waals surface area (Å²) in [4.78, 5) is 6.50. The number of rotatable bonds is 6. The summed E-state index contributed by atoms with van der Waals surface area (Å²) in [5.74, 6) is 0. The number of benzene rings is 1. The van der Waals surface area contributed by atoms with Crippen molar-refractivity contribution in [2.75, 3.05) is 33.3 Å². The van der Waals surface area contributed by atoms with Crippen LogP contribution in [-0.2, 0) is 11.2 Å². The Morgan fingerprint density at radius 2 is 2.17 bits per heavy atom. The SMILES string of the molecule is CN1CCOC(C(NCCc2cccnc2)c2ccc(Cl)cc2)C1. The minimum Gasteiger partial charge on any atom is -0.374 e. The third kappa shape index (κ3) is 4.77. The zero-order valence-electron chi connectivity index (χ0n) is 14.0. The summed E-state index contributed by atoms with van der Waals surface area (Å²) in [6, 6.07) is 12.3. The van der Waals surface area contributed by atoms with E-state index in [-0.39, 0.29) is 12.1 Å². The average Bonchev–Trinajstić information content (AvgIpc) is 2.61. The van der Waals surface area contributed by atoms with E-state index in [1.807, 2.05) is 24.4 Å². The molecule has 2 unspecified atom stereocenters. The normalized spacial score (nSPS) is 20.0. The van der Waals surface area contributed by atoms with Gasteiger partial charge in [-0.15, -0.1) is 0 Å². The lowest BCUT2D eigenvalue weighted by molar-refractivity contribution is -0.0391. The lowest BCUT2D eigenvalue weighted by Gasteiger charge is -2.36. The van der Waals surface area contributed by atoms with Gasteiger partial charge in [-0.2, -0.15) is 0 Å². The van der Waals surface area contributed by atoms with Crippen molar-refractivity contribution in [2.24, 2.45) is 0 Å². The van der Waals surface area contributed by atoms with Gasteiger partial charge in [0.1, 0.15) is 0 Å². The summed E-state index contributed by atoms with van der Waals surface area (Å²) < 4.78 is 6.05. The van der Waals surface area contributed by atoms with Crippen LogP contribution in [0, 0.1) is 0 Å². The zero-order valence-corrected chi connectivity index (χ0v) is 14.7. The van der Waals surface area contributed by atoms with E-state index in [4.69, 9.17) is 16.3 Å². The molecule has 1 saturated heterocycles. The number of likely N-dealkylation sites (N-methyl/N-ethyl adjacent to an activating group) is 1. The van der Waals surface area contributed by atoms with Crippen LogP contribution in [0.5, 0.6) is 0 Å². The number of morpholine rings is 1. The van der Waals surface area contributed by atoms with Gasteiger partial charge in [-0.3, -0.25) is 4.98 Å². The summed E-state index contributed by atoms with van der Waals surface area (Å²) in [5, 5.41) is 4.43. The van der Waals surface area contributed by atoms with Gasteiger partial charge in [0.2, 0.25) is 0 Å². The molecule has 2 heterocycles. The van der Waals surface area contributed by atoms with Crippen LogP contribution in [0.2, 0.25) is 5.02 Å². The first-order valence-electron chi connectivity index (χ1n) is 8.40. The average molecular weight is 346 g/mol. The Morgan fingerprint density at radius 3 is 2.88 bits per heavy atom. The maximum absolute atomic E-state index is 6.05. The first-order valence-corrected chi connectivity index (χ1v) is 8.78. The number of pyridine rings is 1. The van der Waals surface area contributed by atoms with Gasteiger partial charge >= 0.3 is 0 Å². The standard InChI is InChI=1S/C19H24ClN3O/c1-23-11-12-24-18(14-23)19(16-4-6-17(20)7-5-16)22-10-8-15-3-2-9-21-13-15/h2-7,9,13,18-19,22H,8,10-12,14H2,1H3. The summed E-state index contributed by atoms with van der Waals surface area (Å²) in [7, 11) is 2.14. The highest BCUT2D eigenvalue weighted by Gasteiger charge is 2.27. The monoisotopic (exact) mass is 345 g/mol. The van der Waals surface area contributed by atoms with Crippen molar-refractivity contribution >= 4 is 11.6 Å². The van der Waals surface area contributed by atoms with Crippen molar-refractivity contribution in [1.29, 1.82) is 0 Å². The lowest BCUT2D eigenvalue weighted by atomic mass is 9.99. The van der Waals surface area contributed by atoms with E-state index in [0.29, 0.717) is 0 Å². The van der Waals surface area contributed by atoms with Crippen LogP contribution >= 0.6 is 11.6 Å². The van der Waals surface area contributed by atoms with Crippen LogP contribution in [0.1, 0.15) is 17.2 Å². The van der Waals surface area contributed by atoms with Gasteiger partial charge in [-0.1, -0.05) is 29.8 Å². The second-order valence-electron chi connectivity index (χ2n) is 6.27. The molecule has 1 aliphatic heterocycles. The number of hydrogen-bond acceptors (Lipinski definition) is 4. The Balaban J connectivity index is 1.68. The fraction of sp³-hybridized carbons (Fsp3) is 0.421. The van der Waals surface area contributed by atoms with Crippen LogP contribution in [0.3, 0.4) is 0 Å². The van der Waals surface area contributed by atoms with Crippen molar-refractivity contribution in [2.45, 2.75) is 18.6 Å². The lowest BCUT2D eigenvalue weighted by Crippen LogP contribution is -2.47. The molecule has 0 radical (unpaired) electrons. The van der Waals surface area contributed by atoms with Crippen molar-refractivity contribution in [3.8, 4) is 0 Å². The fourth-order valence-electron chi connectivity index (χ4n) is 3.06. The number of halogens is 1. The molecule has 1 aromatic heterocycles. The molecule has 0 saturated carbocycles. The smallest absolute Gasteiger partial charge is 0.0896 e. The second-order valence-corrected chi connectivity index (χ2v) is 6.70. The van der Waals surface area contributed by atoms with Gasteiger partial charge in [0.25, 0.3) is 0 Å². The molecule has 0 bridgehead atoms. The Labute approximate surface area is 148 Å². The minimum atomic E-state index is 0.138. The molecule has 2 aromatic rings. The van der Waals surface area contributed by atoms with Crippen LogP contribution < -0.4 is 5.32 Å². The summed E-state index contributed by atoms with van der Waals surface area (Å²) >= 11 is 6.04. The summed E-state index contributed by atoms with van der Waals surface area (Å²) in [5.41, 5.74) is 2.45. The van der Waals surface area contributed by atoms with E-state index in [9.17, 15) is 0 Å². The minimum absolute atomic E-state index is 0.138. The van der Waals surface area contributed by atoms with Crippen LogP contribution in [0.25, 0.3) is 0 Å². The van der Waals surface area contributed by atoms with Gasteiger partial charge in [-0.25, -0.2) is 0 Å². The quantitative estimate of drug-likeness (QED) is 0.873. The molecule has 1 aromatic carbocycles. The number of hydrogen-bond donors (Lipinski definition) is 1. The Morgan fingerprint density at radius 1 is 1.33 bits per heavy atom. The highest BCUT2D eigenvalue weighted by Crippen LogP contribution is 2.23. The van der Waals surface area contributed by atoms with Gasteiger partial charge < -0.3 is 15.0 Å². The molecule has 0 spiro atoms. The molecule has 128 valence electrons. The molecule has 2 atom stereocenters. The Hall–Kier alpha value is -1.46. The Bertz CT molecular complexity index is 620. The molecule has 0 aliphatic carbocycles. The van der Waals surface area contributed by atoms with Crippen molar-refractivity contribution in [3.63, 3.8) is 0 Å². The number of nitrogens with zero attached hydrogens (tertiary/aromatic N) is 2. The number of nitrogens with one attached hydrogen (secondary N) is 1. The third-order valence-corrected chi connectivity index (χ3v) is 4.65. The van der Waals surface area contributed by atoms with Gasteiger partial charge in [0.05, 0.1) is 18.8 Å². The molecule has 1 fully saturated rings. The van der Waals surface area contributed by atoms with E-state index < -0.39 is 0 Å². The molecule has 4 nitrogen and oxygen atoms in total. The van der Waals surface area contributed by atoms with Gasteiger partial charge in [0, 0.05) is 30.5 Å². The van der Waals surface area contributed by atoms with Crippen LogP contribution in [0.4, 0.5) is 0 Å². The van der Waals surface area contributed by atoms with E-state index in [1.54, 1.807) is 6.20 Å². The maximum atomic E-state index is 6.05. The molecule has 1 aliphatic rings. The zero-order chi connectivity index (χ0) is 16.8. The van der Waals surface area contributed by atoms with E-state index >= 15 is 0 Å². The molecule has 5 heteroatoms. The summed E-state index contributed by atoms with van der Waals surface area (Å²) in [6.07, 6.45) is 4.81. The maximum Gasteiger partial charge on any atom is 0.0896 e. The number of ether oxygens (including phenoxy) is 1. The predicted octanol–water partition coefficient (Wildman–Crippen LogP) is 2.94. The molecular formula is C19H24ClN3O. The molecule has 0 amide bonds. The van der Waals surface area contributed by atoms with Crippen molar-refractivity contribution < 1.29 is 4.74 Å². The highest BCUT2D eigenvalue weighted by molar-refractivity contribution is 6.30. The Kier molecular flexibility index (Phi) is 6.21.